The van der Waals surface area contributed by atoms with Crippen LogP contribution in [0.1, 0.15) is 10.4 Å². The SMILES string of the molecule is O=C(O)c1ccnnc1Nc1ccccc1. The first-order valence-electron chi connectivity index (χ1n) is 4.64. The molecule has 1 heterocycles. The molecule has 0 aliphatic rings. The molecule has 2 aromatic rings. The molecule has 5 heteroatoms. The minimum Gasteiger partial charge on any atom is -0.478 e. The molecular formula is C11H9N3O2. The molecule has 0 spiro atoms. The van der Waals surface area contributed by atoms with Crippen LogP contribution in [-0.2, 0) is 0 Å². The molecule has 0 amide bonds. The Balaban J connectivity index is 2.31. The highest BCUT2D eigenvalue weighted by atomic mass is 16.4. The molecule has 2 rings (SSSR count). The van der Waals surface area contributed by atoms with Gasteiger partial charge in [0.1, 0.15) is 5.56 Å². The molecule has 16 heavy (non-hydrogen) atoms. The quantitative estimate of drug-likeness (QED) is 0.818. The summed E-state index contributed by atoms with van der Waals surface area (Å²) < 4.78 is 0. The number of anilines is 2. The van der Waals surface area contributed by atoms with Crippen molar-refractivity contribution in [2.24, 2.45) is 0 Å². The zero-order valence-corrected chi connectivity index (χ0v) is 8.29. The van der Waals surface area contributed by atoms with E-state index in [1.54, 1.807) is 0 Å². The summed E-state index contributed by atoms with van der Waals surface area (Å²) in [6, 6.07) is 10.6. The summed E-state index contributed by atoms with van der Waals surface area (Å²) in [5.41, 5.74) is 0.865. The summed E-state index contributed by atoms with van der Waals surface area (Å²) in [6.45, 7) is 0. The summed E-state index contributed by atoms with van der Waals surface area (Å²) in [6.07, 6.45) is 1.35. The van der Waals surface area contributed by atoms with Crippen LogP contribution in [-0.4, -0.2) is 21.3 Å². The number of hydrogen-bond acceptors (Lipinski definition) is 4. The second-order valence-electron chi connectivity index (χ2n) is 3.09. The number of hydrogen-bond donors (Lipinski definition) is 2. The monoisotopic (exact) mass is 215 g/mol. The van der Waals surface area contributed by atoms with Crippen LogP contribution in [0.15, 0.2) is 42.6 Å². The van der Waals surface area contributed by atoms with Gasteiger partial charge in [-0.2, -0.15) is 5.10 Å². The van der Waals surface area contributed by atoms with Crippen LogP contribution < -0.4 is 5.32 Å². The molecule has 0 atom stereocenters. The number of aromatic nitrogens is 2. The van der Waals surface area contributed by atoms with E-state index in [1.807, 2.05) is 30.3 Å². The van der Waals surface area contributed by atoms with E-state index >= 15 is 0 Å². The molecule has 0 aliphatic heterocycles. The molecule has 0 fully saturated rings. The maximum Gasteiger partial charge on any atom is 0.339 e. The number of carbonyl (C=O) groups is 1. The van der Waals surface area contributed by atoms with Crippen LogP contribution in [0, 0.1) is 0 Å². The van der Waals surface area contributed by atoms with Crippen molar-refractivity contribution in [3.8, 4) is 0 Å². The van der Waals surface area contributed by atoms with E-state index < -0.39 is 5.97 Å². The second kappa shape index (κ2) is 4.39. The molecule has 80 valence electrons. The highest BCUT2D eigenvalue weighted by Gasteiger charge is 2.10. The predicted molar refractivity (Wildman–Crippen MR) is 58.7 cm³/mol. The van der Waals surface area contributed by atoms with Crippen LogP contribution in [0.25, 0.3) is 0 Å². The smallest absolute Gasteiger partial charge is 0.339 e. The fourth-order valence-electron chi connectivity index (χ4n) is 1.25. The van der Waals surface area contributed by atoms with Gasteiger partial charge in [-0.3, -0.25) is 0 Å². The van der Waals surface area contributed by atoms with E-state index in [1.165, 1.54) is 12.3 Å². The zero-order valence-electron chi connectivity index (χ0n) is 8.29. The third kappa shape index (κ3) is 2.14. The number of para-hydroxylation sites is 1. The van der Waals surface area contributed by atoms with Crippen LogP contribution in [0.2, 0.25) is 0 Å². The molecule has 0 bridgehead atoms. The van der Waals surface area contributed by atoms with E-state index in [4.69, 9.17) is 5.11 Å². The lowest BCUT2D eigenvalue weighted by molar-refractivity contribution is 0.0697. The summed E-state index contributed by atoms with van der Waals surface area (Å²) in [4.78, 5) is 10.9. The minimum atomic E-state index is -1.03. The van der Waals surface area contributed by atoms with Crippen molar-refractivity contribution >= 4 is 17.5 Å². The average Bonchev–Trinajstić information content (AvgIpc) is 2.31. The van der Waals surface area contributed by atoms with E-state index in [-0.39, 0.29) is 11.4 Å². The maximum atomic E-state index is 10.9. The molecular weight excluding hydrogens is 206 g/mol. The first-order chi connectivity index (χ1) is 7.77. The Labute approximate surface area is 91.8 Å². The van der Waals surface area contributed by atoms with Gasteiger partial charge in [0.15, 0.2) is 5.82 Å². The van der Waals surface area contributed by atoms with Crippen molar-refractivity contribution in [3.63, 3.8) is 0 Å². The standard InChI is InChI=1S/C11H9N3O2/c15-11(16)9-6-7-12-14-10(9)13-8-4-2-1-3-5-8/h1-7H,(H,13,14)(H,15,16). The van der Waals surface area contributed by atoms with E-state index in [9.17, 15) is 4.79 Å². The minimum absolute atomic E-state index is 0.0962. The molecule has 2 N–H and O–H groups in total. The first-order valence-corrected chi connectivity index (χ1v) is 4.64. The summed E-state index contributed by atoms with van der Waals surface area (Å²) in [5.74, 6) is -0.797. The third-order valence-electron chi connectivity index (χ3n) is 1.99. The molecule has 0 saturated carbocycles. The van der Waals surface area contributed by atoms with Crippen LogP contribution in [0.3, 0.4) is 0 Å². The summed E-state index contributed by atoms with van der Waals surface area (Å²) in [7, 11) is 0. The van der Waals surface area contributed by atoms with Crippen molar-refractivity contribution in [2.45, 2.75) is 0 Å². The van der Waals surface area contributed by atoms with Crippen molar-refractivity contribution < 1.29 is 9.90 Å². The van der Waals surface area contributed by atoms with Gasteiger partial charge in [-0.1, -0.05) is 18.2 Å². The van der Waals surface area contributed by atoms with E-state index in [0.717, 1.165) is 5.69 Å². The van der Waals surface area contributed by atoms with Crippen molar-refractivity contribution in [2.75, 3.05) is 5.32 Å². The van der Waals surface area contributed by atoms with Gasteiger partial charge in [-0.25, -0.2) is 4.79 Å². The Morgan fingerprint density at radius 1 is 1.19 bits per heavy atom. The predicted octanol–water partition coefficient (Wildman–Crippen LogP) is 1.92. The molecule has 0 unspecified atom stereocenters. The topological polar surface area (TPSA) is 75.1 Å². The Bertz CT molecular complexity index is 500. The van der Waals surface area contributed by atoms with Gasteiger partial charge in [-0.05, 0) is 18.2 Å². The highest BCUT2D eigenvalue weighted by Crippen LogP contribution is 2.16. The van der Waals surface area contributed by atoms with Crippen LogP contribution >= 0.6 is 0 Å². The Morgan fingerprint density at radius 2 is 1.94 bits per heavy atom. The third-order valence-corrected chi connectivity index (χ3v) is 1.99. The lowest BCUT2D eigenvalue weighted by Gasteiger charge is -2.06. The normalized spacial score (nSPS) is 9.75. The van der Waals surface area contributed by atoms with Gasteiger partial charge in [0.05, 0.1) is 6.20 Å². The van der Waals surface area contributed by atoms with E-state index in [2.05, 4.69) is 15.5 Å². The van der Waals surface area contributed by atoms with Gasteiger partial charge in [-0.15, -0.1) is 5.10 Å². The number of carboxylic acid groups (broad SMARTS) is 1. The number of carboxylic acids is 1. The molecule has 0 radical (unpaired) electrons. The van der Waals surface area contributed by atoms with Gasteiger partial charge in [0, 0.05) is 5.69 Å². The first kappa shape index (κ1) is 10.1. The fraction of sp³-hybridized carbons (Fsp3) is 0. The number of benzene rings is 1. The van der Waals surface area contributed by atoms with Crippen LogP contribution in [0.4, 0.5) is 11.5 Å². The Hall–Kier alpha value is -2.43. The van der Waals surface area contributed by atoms with Crippen molar-refractivity contribution in [1.29, 1.82) is 0 Å². The Kier molecular flexibility index (Phi) is 2.77. The lowest BCUT2D eigenvalue weighted by Crippen LogP contribution is -2.05. The van der Waals surface area contributed by atoms with Crippen molar-refractivity contribution in [1.82, 2.24) is 10.2 Å². The fourth-order valence-corrected chi connectivity index (χ4v) is 1.25. The number of aromatic carboxylic acids is 1. The lowest BCUT2D eigenvalue weighted by atomic mass is 10.2. The highest BCUT2D eigenvalue weighted by molar-refractivity contribution is 5.93. The Morgan fingerprint density at radius 3 is 2.62 bits per heavy atom. The molecule has 1 aromatic heterocycles. The number of nitrogens with one attached hydrogen (secondary N) is 1. The van der Waals surface area contributed by atoms with Crippen molar-refractivity contribution in [3.05, 3.63) is 48.2 Å². The van der Waals surface area contributed by atoms with Gasteiger partial charge in [0.2, 0.25) is 0 Å². The largest absolute Gasteiger partial charge is 0.478 e. The van der Waals surface area contributed by atoms with Gasteiger partial charge >= 0.3 is 5.97 Å². The molecule has 0 aliphatic carbocycles. The maximum absolute atomic E-state index is 10.9. The second-order valence-corrected chi connectivity index (χ2v) is 3.09. The molecule has 0 saturated heterocycles. The number of nitrogens with zero attached hydrogens (tertiary/aromatic N) is 2. The molecule has 5 nitrogen and oxygen atoms in total. The molecule has 1 aromatic carbocycles. The summed E-state index contributed by atoms with van der Waals surface area (Å²) in [5, 5.41) is 19.2. The van der Waals surface area contributed by atoms with Crippen LogP contribution in [0.5, 0.6) is 0 Å². The van der Waals surface area contributed by atoms with E-state index in [0.29, 0.717) is 0 Å². The van der Waals surface area contributed by atoms with Gasteiger partial charge < -0.3 is 10.4 Å². The van der Waals surface area contributed by atoms with Gasteiger partial charge in [0.25, 0.3) is 0 Å². The summed E-state index contributed by atoms with van der Waals surface area (Å²) >= 11 is 0. The number of rotatable bonds is 3. The average molecular weight is 215 g/mol. The zero-order chi connectivity index (χ0) is 11.4.